The summed E-state index contributed by atoms with van der Waals surface area (Å²) in [6, 6.07) is 0.954. The first kappa shape index (κ1) is 13.4. The second-order valence-corrected chi connectivity index (χ2v) is 3.91. The summed E-state index contributed by atoms with van der Waals surface area (Å²) in [7, 11) is 0. The fourth-order valence-corrected chi connectivity index (χ4v) is 1.56. The van der Waals surface area contributed by atoms with Crippen LogP contribution >= 0.6 is 22.6 Å². The lowest BCUT2D eigenvalue weighted by Crippen LogP contribution is -2.18. The van der Waals surface area contributed by atoms with E-state index in [2.05, 4.69) is 9.72 Å². The summed E-state index contributed by atoms with van der Waals surface area (Å²) in [6.45, 7) is 1.10. The second kappa shape index (κ2) is 4.68. The van der Waals surface area contributed by atoms with Gasteiger partial charge >= 0.3 is 6.36 Å². The number of nitrogens with zero attached hydrogens (tertiary/aromatic N) is 1. The summed E-state index contributed by atoms with van der Waals surface area (Å²) in [5.41, 5.74) is -1.01. The fraction of sp³-hybridized carbons (Fsp3) is 0.375. The van der Waals surface area contributed by atoms with Gasteiger partial charge in [-0.1, -0.05) is 0 Å². The van der Waals surface area contributed by atoms with Gasteiger partial charge in [0.2, 0.25) is 0 Å². The molecular formula is C8H5F5INO. The van der Waals surface area contributed by atoms with E-state index < -0.39 is 24.2 Å². The summed E-state index contributed by atoms with van der Waals surface area (Å²) in [5.74, 6) is -0.651. The van der Waals surface area contributed by atoms with E-state index in [0.29, 0.717) is 0 Å². The number of hydrogen-bond donors (Lipinski definition) is 0. The maximum atomic E-state index is 12.4. The van der Waals surface area contributed by atoms with Gasteiger partial charge in [-0.05, 0) is 29.5 Å². The van der Waals surface area contributed by atoms with E-state index in [9.17, 15) is 22.0 Å². The summed E-state index contributed by atoms with van der Waals surface area (Å²) >= 11 is 1.54. The smallest absolute Gasteiger partial charge is 0.405 e. The second-order valence-electron chi connectivity index (χ2n) is 2.80. The van der Waals surface area contributed by atoms with Gasteiger partial charge in [-0.2, -0.15) is 0 Å². The van der Waals surface area contributed by atoms with Gasteiger partial charge in [0, 0.05) is 11.6 Å². The SMILES string of the molecule is Cc1c(OC(F)(F)F)cc(I)nc1C(F)F. The third kappa shape index (κ3) is 3.42. The number of ether oxygens (including phenoxy) is 1. The third-order valence-corrected chi connectivity index (χ3v) is 2.22. The molecule has 1 aromatic heterocycles. The van der Waals surface area contributed by atoms with Gasteiger partial charge in [-0.15, -0.1) is 13.2 Å². The van der Waals surface area contributed by atoms with Crippen molar-refractivity contribution in [3.63, 3.8) is 0 Å². The van der Waals surface area contributed by atoms with E-state index in [1.165, 1.54) is 0 Å². The monoisotopic (exact) mass is 353 g/mol. The van der Waals surface area contributed by atoms with Crippen LogP contribution in [0.1, 0.15) is 17.7 Å². The van der Waals surface area contributed by atoms with Crippen LogP contribution in [-0.2, 0) is 0 Å². The molecule has 0 bridgehead atoms. The summed E-state index contributed by atoms with van der Waals surface area (Å²) in [5, 5.41) is 0. The predicted molar refractivity (Wildman–Crippen MR) is 53.3 cm³/mol. The molecule has 0 amide bonds. The molecule has 0 aliphatic heterocycles. The molecule has 90 valence electrons. The van der Waals surface area contributed by atoms with Crippen molar-refractivity contribution in [1.82, 2.24) is 4.98 Å². The van der Waals surface area contributed by atoms with Gasteiger partial charge in [0.15, 0.2) is 0 Å². The van der Waals surface area contributed by atoms with Crippen LogP contribution in [0, 0.1) is 10.6 Å². The largest absolute Gasteiger partial charge is 0.573 e. The van der Waals surface area contributed by atoms with Gasteiger partial charge in [-0.3, -0.25) is 0 Å². The van der Waals surface area contributed by atoms with Crippen molar-refractivity contribution < 1.29 is 26.7 Å². The highest BCUT2D eigenvalue weighted by molar-refractivity contribution is 14.1. The molecule has 0 N–H and O–H groups in total. The average molecular weight is 353 g/mol. The molecule has 1 heterocycles. The maximum Gasteiger partial charge on any atom is 0.573 e. The van der Waals surface area contributed by atoms with Gasteiger partial charge in [0.05, 0.1) is 0 Å². The van der Waals surface area contributed by atoms with Crippen LogP contribution in [0.2, 0.25) is 0 Å². The Bertz CT molecular complexity index is 393. The Labute approximate surface area is 101 Å². The van der Waals surface area contributed by atoms with Crippen molar-refractivity contribution in [3.05, 3.63) is 21.0 Å². The van der Waals surface area contributed by atoms with Crippen molar-refractivity contribution in [1.29, 1.82) is 0 Å². The maximum absolute atomic E-state index is 12.4. The molecule has 2 nitrogen and oxygen atoms in total. The topological polar surface area (TPSA) is 22.1 Å². The third-order valence-electron chi connectivity index (χ3n) is 1.66. The number of hydrogen-bond acceptors (Lipinski definition) is 2. The van der Waals surface area contributed by atoms with E-state index >= 15 is 0 Å². The lowest BCUT2D eigenvalue weighted by Gasteiger charge is -2.13. The molecule has 0 aliphatic carbocycles. The van der Waals surface area contributed by atoms with Gasteiger partial charge in [0.25, 0.3) is 6.43 Å². The van der Waals surface area contributed by atoms with Gasteiger partial charge in [-0.25, -0.2) is 13.8 Å². The van der Waals surface area contributed by atoms with Crippen molar-refractivity contribution in [2.24, 2.45) is 0 Å². The van der Waals surface area contributed by atoms with Crippen molar-refractivity contribution in [2.45, 2.75) is 19.7 Å². The van der Waals surface area contributed by atoms with Crippen LogP contribution in [0.4, 0.5) is 22.0 Å². The number of rotatable bonds is 2. The van der Waals surface area contributed by atoms with Crippen LogP contribution in [0.15, 0.2) is 6.07 Å². The van der Waals surface area contributed by atoms with Crippen LogP contribution in [-0.4, -0.2) is 11.3 Å². The number of alkyl halides is 5. The zero-order chi connectivity index (χ0) is 12.5. The Hall–Kier alpha value is -0.670. The lowest BCUT2D eigenvalue weighted by molar-refractivity contribution is -0.274. The van der Waals surface area contributed by atoms with Crippen LogP contribution in [0.5, 0.6) is 5.75 Å². The molecule has 8 heteroatoms. The predicted octanol–water partition coefficient (Wildman–Crippen LogP) is 3.83. The van der Waals surface area contributed by atoms with Crippen LogP contribution in [0.3, 0.4) is 0 Å². The van der Waals surface area contributed by atoms with E-state index in [4.69, 9.17) is 0 Å². The first-order chi connectivity index (χ1) is 7.20. The van der Waals surface area contributed by atoms with Gasteiger partial charge < -0.3 is 4.74 Å². The number of halogens is 6. The summed E-state index contributed by atoms with van der Waals surface area (Å²) in [6.07, 6.45) is -7.85. The highest BCUT2D eigenvalue weighted by Crippen LogP contribution is 2.32. The van der Waals surface area contributed by atoms with Crippen molar-refractivity contribution in [3.8, 4) is 5.75 Å². The first-order valence-electron chi connectivity index (χ1n) is 3.91. The quantitative estimate of drug-likeness (QED) is 0.458. The molecular weight excluding hydrogens is 348 g/mol. The number of aromatic nitrogens is 1. The molecule has 0 aliphatic rings. The highest BCUT2D eigenvalue weighted by atomic mass is 127. The zero-order valence-electron chi connectivity index (χ0n) is 7.78. The molecule has 0 saturated heterocycles. The average Bonchev–Trinajstić information content (AvgIpc) is 2.07. The molecule has 0 fully saturated rings. The molecule has 0 aromatic carbocycles. The zero-order valence-corrected chi connectivity index (χ0v) is 9.94. The Morgan fingerprint density at radius 3 is 2.38 bits per heavy atom. The van der Waals surface area contributed by atoms with E-state index in [1.807, 2.05) is 0 Å². The van der Waals surface area contributed by atoms with Crippen LogP contribution < -0.4 is 4.74 Å². The molecule has 1 aromatic rings. The molecule has 0 spiro atoms. The minimum Gasteiger partial charge on any atom is -0.405 e. The standard InChI is InChI=1S/C8H5F5INO/c1-3-4(16-8(11,12)13)2-5(14)15-6(3)7(9)10/h2,7H,1H3. The van der Waals surface area contributed by atoms with Gasteiger partial charge in [0.1, 0.15) is 15.1 Å². The molecule has 0 atom stereocenters. The Kier molecular flexibility index (Phi) is 3.92. The number of pyridine rings is 1. The van der Waals surface area contributed by atoms with Crippen LogP contribution in [0.25, 0.3) is 0 Å². The first-order valence-corrected chi connectivity index (χ1v) is 4.99. The minimum atomic E-state index is -4.91. The molecule has 16 heavy (non-hydrogen) atoms. The highest BCUT2D eigenvalue weighted by Gasteiger charge is 2.33. The molecule has 0 saturated carbocycles. The van der Waals surface area contributed by atoms with Crippen molar-refractivity contribution in [2.75, 3.05) is 0 Å². The van der Waals surface area contributed by atoms with E-state index in [-0.39, 0.29) is 9.26 Å². The van der Waals surface area contributed by atoms with E-state index in [1.54, 1.807) is 22.6 Å². The fourth-order valence-electron chi connectivity index (χ4n) is 1.02. The van der Waals surface area contributed by atoms with Crippen molar-refractivity contribution >= 4 is 22.6 Å². The molecule has 1 rings (SSSR count). The minimum absolute atomic E-state index is 0.0118. The van der Waals surface area contributed by atoms with E-state index in [0.717, 1.165) is 13.0 Å². The Morgan fingerprint density at radius 1 is 1.38 bits per heavy atom. The summed E-state index contributed by atoms with van der Waals surface area (Å²) in [4.78, 5) is 3.45. The Balaban J connectivity index is 3.19. The Morgan fingerprint density at radius 2 is 1.94 bits per heavy atom. The molecule has 0 radical (unpaired) electrons. The molecule has 0 unspecified atom stereocenters. The lowest BCUT2D eigenvalue weighted by atomic mass is 10.2. The normalized spacial score (nSPS) is 12.0. The summed E-state index contributed by atoms with van der Waals surface area (Å²) < 4.78 is 64.3.